The van der Waals surface area contributed by atoms with Crippen LogP contribution < -0.4 is 0 Å². The average Bonchev–Trinajstić information content (AvgIpc) is 3.11. The number of carbonyl (C=O) groups excluding carboxylic acids is 1. The fraction of sp³-hybridized carbons (Fsp3) is 0.474. The minimum absolute atomic E-state index is 0.181. The van der Waals surface area contributed by atoms with Crippen LogP contribution in [-0.4, -0.2) is 33.7 Å². The van der Waals surface area contributed by atoms with E-state index in [1.54, 1.807) is 0 Å². The quantitative estimate of drug-likeness (QED) is 0.869. The van der Waals surface area contributed by atoms with E-state index in [-0.39, 0.29) is 5.91 Å². The number of amides is 1. The molecule has 1 aliphatic carbocycles. The van der Waals surface area contributed by atoms with Crippen LogP contribution in [0.25, 0.3) is 5.69 Å². The minimum Gasteiger partial charge on any atom is -0.339 e. The van der Waals surface area contributed by atoms with Crippen LogP contribution in [0, 0.1) is 13.8 Å². The summed E-state index contributed by atoms with van der Waals surface area (Å²) in [6.45, 7) is 5.89. The Morgan fingerprint density at radius 2 is 1.91 bits per heavy atom. The Balaban J connectivity index is 1.80. The van der Waals surface area contributed by atoms with E-state index >= 15 is 0 Å². The number of hydrogen-bond acceptors (Lipinski definition) is 2. The molecule has 120 valence electrons. The first-order valence-corrected chi connectivity index (χ1v) is 8.61. The first-order chi connectivity index (χ1) is 11.1. The fourth-order valence-corrected chi connectivity index (χ4v) is 3.52. The highest BCUT2D eigenvalue weighted by molar-refractivity contribution is 5.97. The van der Waals surface area contributed by atoms with E-state index < -0.39 is 0 Å². The lowest BCUT2D eigenvalue weighted by molar-refractivity contribution is 0.0791. The number of rotatable bonds is 3. The van der Waals surface area contributed by atoms with Crippen molar-refractivity contribution >= 4 is 5.91 Å². The Hall–Kier alpha value is -2.10. The van der Waals surface area contributed by atoms with Crippen LogP contribution in [0.1, 0.15) is 58.9 Å². The molecule has 2 aliphatic rings. The van der Waals surface area contributed by atoms with Gasteiger partial charge in [0.15, 0.2) is 0 Å². The lowest BCUT2D eigenvalue weighted by Crippen LogP contribution is -2.28. The van der Waals surface area contributed by atoms with E-state index in [4.69, 9.17) is 5.10 Å². The van der Waals surface area contributed by atoms with Crippen molar-refractivity contribution < 1.29 is 4.79 Å². The zero-order valence-corrected chi connectivity index (χ0v) is 13.9. The van der Waals surface area contributed by atoms with Crippen molar-refractivity contribution in [3.05, 3.63) is 46.8 Å². The summed E-state index contributed by atoms with van der Waals surface area (Å²) in [5.74, 6) is 0.655. The Morgan fingerprint density at radius 1 is 1.17 bits per heavy atom. The van der Waals surface area contributed by atoms with Gasteiger partial charge in [0.05, 0.1) is 22.6 Å². The van der Waals surface area contributed by atoms with Gasteiger partial charge in [0.2, 0.25) is 0 Å². The number of aromatic nitrogens is 2. The van der Waals surface area contributed by atoms with E-state index in [2.05, 4.69) is 25.1 Å². The van der Waals surface area contributed by atoms with Crippen LogP contribution in [0.2, 0.25) is 0 Å². The topological polar surface area (TPSA) is 38.1 Å². The van der Waals surface area contributed by atoms with Crippen molar-refractivity contribution in [1.29, 1.82) is 0 Å². The monoisotopic (exact) mass is 309 g/mol. The number of nitrogens with zero attached hydrogens (tertiary/aromatic N) is 3. The van der Waals surface area contributed by atoms with Crippen LogP contribution in [-0.2, 0) is 0 Å². The Kier molecular flexibility index (Phi) is 3.47. The fourth-order valence-electron chi connectivity index (χ4n) is 3.52. The molecule has 1 saturated heterocycles. The summed E-state index contributed by atoms with van der Waals surface area (Å²) >= 11 is 0. The molecule has 1 saturated carbocycles. The van der Waals surface area contributed by atoms with Crippen LogP contribution >= 0.6 is 0 Å². The molecule has 0 radical (unpaired) electrons. The summed E-state index contributed by atoms with van der Waals surface area (Å²) in [4.78, 5) is 15.0. The maximum absolute atomic E-state index is 13.0. The normalized spacial score (nSPS) is 17.7. The molecule has 23 heavy (non-hydrogen) atoms. The van der Waals surface area contributed by atoms with Crippen LogP contribution in [0.15, 0.2) is 24.3 Å². The summed E-state index contributed by atoms with van der Waals surface area (Å²) in [6.07, 6.45) is 4.56. The molecule has 1 aromatic heterocycles. The second-order valence-electron chi connectivity index (χ2n) is 6.87. The second-order valence-corrected chi connectivity index (χ2v) is 6.87. The molecule has 2 aromatic rings. The molecule has 0 unspecified atom stereocenters. The third-order valence-electron chi connectivity index (χ3n) is 4.96. The first kappa shape index (κ1) is 14.5. The Labute approximate surface area is 137 Å². The predicted molar refractivity (Wildman–Crippen MR) is 90.2 cm³/mol. The van der Waals surface area contributed by atoms with Crippen molar-refractivity contribution in [3.8, 4) is 5.69 Å². The SMILES string of the molecule is Cc1cccc(-n2nc(C3CC3)c(C(=O)N3CCCC3)c2C)c1. The van der Waals surface area contributed by atoms with E-state index in [1.165, 1.54) is 5.56 Å². The van der Waals surface area contributed by atoms with Crippen molar-refractivity contribution in [2.75, 3.05) is 13.1 Å². The van der Waals surface area contributed by atoms with Gasteiger partial charge in [0.25, 0.3) is 5.91 Å². The maximum Gasteiger partial charge on any atom is 0.257 e. The minimum atomic E-state index is 0.181. The first-order valence-electron chi connectivity index (χ1n) is 8.61. The predicted octanol–water partition coefficient (Wildman–Crippen LogP) is 3.60. The highest BCUT2D eigenvalue weighted by atomic mass is 16.2. The summed E-state index contributed by atoms with van der Waals surface area (Å²) in [6, 6.07) is 8.32. The van der Waals surface area contributed by atoms with Gasteiger partial charge in [-0.1, -0.05) is 12.1 Å². The van der Waals surface area contributed by atoms with Crippen molar-refractivity contribution in [2.45, 2.75) is 45.4 Å². The highest BCUT2D eigenvalue weighted by Gasteiger charge is 2.35. The zero-order chi connectivity index (χ0) is 16.0. The van der Waals surface area contributed by atoms with Gasteiger partial charge < -0.3 is 4.90 Å². The maximum atomic E-state index is 13.0. The third-order valence-corrected chi connectivity index (χ3v) is 4.96. The van der Waals surface area contributed by atoms with Crippen LogP contribution in [0.3, 0.4) is 0 Å². The van der Waals surface area contributed by atoms with Gasteiger partial charge in [-0.3, -0.25) is 4.79 Å². The van der Waals surface area contributed by atoms with E-state index in [0.29, 0.717) is 5.92 Å². The Bertz CT molecular complexity index is 752. The van der Waals surface area contributed by atoms with E-state index in [0.717, 1.165) is 61.4 Å². The van der Waals surface area contributed by atoms with Crippen molar-refractivity contribution in [1.82, 2.24) is 14.7 Å². The standard InChI is InChI=1S/C19H23N3O/c1-13-6-5-7-16(12-13)22-14(2)17(18(20-22)15-8-9-15)19(23)21-10-3-4-11-21/h5-7,12,15H,3-4,8-11H2,1-2H3. The molecule has 0 atom stereocenters. The number of carbonyl (C=O) groups is 1. The van der Waals surface area contributed by atoms with Gasteiger partial charge in [-0.25, -0.2) is 4.68 Å². The number of benzene rings is 1. The van der Waals surface area contributed by atoms with Gasteiger partial charge in [-0.15, -0.1) is 0 Å². The molecule has 4 nitrogen and oxygen atoms in total. The number of likely N-dealkylation sites (tertiary alicyclic amines) is 1. The number of hydrogen-bond donors (Lipinski definition) is 0. The summed E-state index contributed by atoms with van der Waals surface area (Å²) in [7, 11) is 0. The average molecular weight is 309 g/mol. The molecule has 0 spiro atoms. The van der Waals surface area contributed by atoms with Crippen LogP contribution in [0.4, 0.5) is 0 Å². The molecule has 4 heteroatoms. The zero-order valence-electron chi connectivity index (χ0n) is 13.9. The summed E-state index contributed by atoms with van der Waals surface area (Å²) in [5, 5.41) is 4.84. The smallest absolute Gasteiger partial charge is 0.257 e. The molecule has 0 bridgehead atoms. The molecule has 4 rings (SSSR count). The molecule has 2 heterocycles. The lowest BCUT2D eigenvalue weighted by Gasteiger charge is -2.16. The molecular formula is C19H23N3O. The summed E-state index contributed by atoms with van der Waals surface area (Å²) < 4.78 is 1.96. The number of aryl methyl sites for hydroxylation is 1. The van der Waals surface area contributed by atoms with E-state index in [1.807, 2.05) is 22.6 Å². The molecular weight excluding hydrogens is 286 g/mol. The van der Waals surface area contributed by atoms with Gasteiger partial charge in [-0.05, 0) is 57.2 Å². The van der Waals surface area contributed by atoms with Crippen molar-refractivity contribution in [3.63, 3.8) is 0 Å². The largest absolute Gasteiger partial charge is 0.339 e. The van der Waals surface area contributed by atoms with Crippen LogP contribution in [0.5, 0.6) is 0 Å². The molecule has 1 aromatic carbocycles. The van der Waals surface area contributed by atoms with Crippen molar-refractivity contribution in [2.24, 2.45) is 0 Å². The molecule has 1 aliphatic heterocycles. The molecule has 1 amide bonds. The second kappa shape index (κ2) is 5.52. The van der Waals surface area contributed by atoms with E-state index in [9.17, 15) is 4.79 Å². The molecule has 2 fully saturated rings. The van der Waals surface area contributed by atoms with Gasteiger partial charge >= 0.3 is 0 Å². The Morgan fingerprint density at radius 3 is 2.57 bits per heavy atom. The lowest BCUT2D eigenvalue weighted by atomic mass is 10.1. The third kappa shape index (κ3) is 2.56. The van der Waals surface area contributed by atoms with Gasteiger partial charge in [-0.2, -0.15) is 5.10 Å². The van der Waals surface area contributed by atoms with Gasteiger partial charge in [0, 0.05) is 19.0 Å². The summed E-state index contributed by atoms with van der Waals surface area (Å²) in [5.41, 5.74) is 5.11. The molecule has 0 N–H and O–H groups in total. The highest BCUT2D eigenvalue weighted by Crippen LogP contribution is 2.42. The van der Waals surface area contributed by atoms with Gasteiger partial charge in [0.1, 0.15) is 0 Å².